The second kappa shape index (κ2) is 5.00. The lowest BCUT2D eigenvalue weighted by atomic mass is 9.85. The highest BCUT2D eigenvalue weighted by Gasteiger charge is 2.60. The first kappa shape index (κ1) is 15.0. The Morgan fingerprint density at radius 2 is 1.67 bits per heavy atom. The molecule has 2 aromatic carbocycles. The molecule has 4 unspecified atom stereocenters. The topological polar surface area (TPSA) is 59.8 Å². The second-order valence-electron chi connectivity index (χ2n) is 7.63. The first-order valence-corrected chi connectivity index (χ1v) is 9.23. The van der Waals surface area contributed by atoms with Crippen molar-refractivity contribution in [2.24, 2.45) is 23.7 Å². The molecule has 1 saturated carbocycles. The van der Waals surface area contributed by atoms with Crippen LogP contribution in [0.15, 0.2) is 53.0 Å². The summed E-state index contributed by atoms with van der Waals surface area (Å²) in [7, 11) is 1.56. The molecule has 134 valence electrons. The zero-order valence-electron chi connectivity index (χ0n) is 14.7. The molecule has 3 aliphatic rings. The minimum atomic E-state index is -0.233. The molecule has 0 spiro atoms. The lowest BCUT2D eigenvalue weighted by Gasteiger charge is -2.19. The van der Waals surface area contributed by atoms with E-state index in [2.05, 4.69) is 12.2 Å². The Kier molecular flexibility index (Phi) is 2.78. The number of methoxy groups -OCH3 is 1. The molecule has 5 heteroatoms. The highest BCUT2D eigenvalue weighted by Crippen LogP contribution is 2.54. The third-order valence-corrected chi connectivity index (χ3v) is 6.39. The molecule has 2 amide bonds. The Hall–Kier alpha value is -3.08. The van der Waals surface area contributed by atoms with Crippen LogP contribution < -0.4 is 9.64 Å². The van der Waals surface area contributed by atoms with Crippen LogP contribution in [-0.4, -0.2) is 18.9 Å². The van der Waals surface area contributed by atoms with Gasteiger partial charge in [-0.15, -0.1) is 0 Å². The minimum Gasteiger partial charge on any atom is -0.495 e. The van der Waals surface area contributed by atoms with Gasteiger partial charge < -0.3 is 9.15 Å². The van der Waals surface area contributed by atoms with Crippen molar-refractivity contribution in [2.75, 3.05) is 12.0 Å². The van der Waals surface area contributed by atoms with Crippen molar-refractivity contribution in [1.29, 1.82) is 0 Å². The molecule has 6 rings (SSSR count). The number of allylic oxidation sites excluding steroid dienone is 2. The Balaban J connectivity index is 1.54. The molecular weight excluding hydrogens is 342 g/mol. The molecule has 2 bridgehead atoms. The van der Waals surface area contributed by atoms with E-state index in [0.29, 0.717) is 17.0 Å². The van der Waals surface area contributed by atoms with Crippen molar-refractivity contribution < 1.29 is 18.7 Å². The number of rotatable bonds is 2. The van der Waals surface area contributed by atoms with E-state index in [1.165, 1.54) is 4.90 Å². The average molecular weight is 359 g/mol. The number of para-hydroxylation sites is 1. The van der Waals surface area contributed by atoms with Crippen molar-refractivity contribution in [1.82, 2.24) is 0 Å². The number of imide groups is 1. The van der Waals surface area contributed by atoms with Gasteiger partial charge in [-0.1, -0.05) is 30.4 Å². The number of benzene rings is 2. The van der Waals surface area contributed by atoms with Gasteiger partial charge in [-0.25, -0.2) is 4.90 Å². The quantitative estimate of drug-likeness (QED) is 0.514. The Morgan fingerprint density at radius 1 is 0.963 bits per heavy atom. The van der Waals surface area contributed by atoms with Crippen LogP contribution in [-0.2, 0) is 9.59 Å². The fourth-order valence-corrected chi connectivity index (χ4v) is 5.22. The van der Waals surface area contributed by atoms with Crippen LogP contribution in [0, 0.1) is 23.7 Å². The maximum atomic E-state index is 13.1. The number of ether oxygens (including phenoxy) is 1. The van der Waals surface area contributed by atoms with E-state index in [9.17, 15) is 9.59 Å². The molecule has 3 aromatic rings. The van der Waals surface area contributed by atoms with Crippen LogP contribution in [0.3, 0.4) is 0 Å². The molecule has 0 N–H and O–H groups in total. The zero-order valence-corrected chi connectivity index (χ0v) is 14.7. The Labute approximate surface area is 155 Å². The normalized spacial score (nSPS) is 28.7. The van der Waals surface area contributed by atoms with E-state index in [1.54, 1.807) is 13.2 Å². The Morgan fingerprint density at radius 3 is 2.37 bits per heavy atom. The van der Waals surface area contributed by atoms with Gasteiger partial charge >= 0.3 is 0 Å². The summed E-state index contributed by atoms with van der Waals surface area (Å²) in [5.41, 5.74) is 1.89. The molecule has 1 aromatic heterocycles. The fourth-order valence-electron chi connectivity index (χ4n) is 5.22. The van der Waals surface area contributed by atoms with Crippen LogP contribution in [0.1, 0.15) is 6.42 Å². The van der Waals surface area contributed by atoms with Gasteiger partial charge in [-0.3, -0.25) is 9.59 Å². The summed E-state index contributed by atoms with van der Waals surface area (Å²) in [4.78, 5) is 27.6. The van der Waals surface area contributed by atoms with Crippen LogP contribution >= 0.6 is 0 Å². The van der Waals surface area contributed by atoms with Crippen molar-refractivity contribution in [3.63, 3.8) is 0 Å². The number of furan rings is 1. The maximum absolute atomic E-state index is 13.1. The summed E-state index contributed by atoms with van der Waals surface area (Å²) in [6.45, 7) is 0. The highest BCUT2D eigenvalue weighted by atomic mass is 16.5. The standard InChI is InChI=1S/C22H17NO4/c1-26-18-9-14-13-4-2-3-5-16(13)27-17(14)10-15(18)23-21(24)19-11-6-7-12(8-11)20(19)22(23)25/h2-7,9-12,19-20H,8H2,1H3. The number of anilines is 1. The van der Waals surface area contributed by atoms with Gasteiger partial charge in [0.25, 0.3) is 0 Å². The fraction of sp³-hybridized carbons (Fsp3) is 0.273. The van der Waals surface area contributed by atoms with Gasteiger partial charge in [0.2, 0.25) is 11.8 Å². The van der Waals surface area contributed by atoms with E-state index >= 15 is 0 Å². The molecule has 1 aliphatic heterocycles. The van der Waals surface area contributed by atoms with E-state index in [0.717, 1.165) is 22.8 Å². The van der Waals surface area contributed by atoms with Crippen molar-refractivity contribution in [2.45, 2.75) is 6.42 Å². The van der Waals surface area contributed by atoms with Crippen molar-refractivity contribution in [3.05, 3.63) is 48.6 Å². The van der Waals surface area contributed by atoms with Gasteiger partial charge in [0, 0.05) is 16.8 Å². The van der Waals surface area contributed by atoms with Crippen molar-refractivity contribution >= 4 is 39.4 Å². The summed E-state index contributed by atoms with van der Waals surface area (Å²) in [5, 5.41) is 1.89. The largest absolute Gasteiger partial charge is 0.495 e. The SMILES string of the molecule is COc1cc2c(cc1N1C(=O)C3C4C=CC(C4)C3C1=O)oc1ccccc12. The number of fused-ring (bicyclic) bond motifs is 8. The number of hydrogen-bond acceptors (Lipinski definition) is 4. The molecule has 2 heterocycles. The third kappa shape index (κ3) is 1.79. The number of carbonyl (C=O) groups is 2. The first-order valence-electron chi connectivity index (χ1n) is 9.23. The van der Waals surface area contributed by atoms with Crippen LogP contribution in [0.5, 0.6) is 5.75 Å². The molecule has 2 aliphatic carbocycles. The molecular formula is C22H17NO4. The number of hydrogen-bond donors (Lipinski definition) is 0. The predicted molar refractivity (Wildman–Crippen MR) is 100 cm³/mol. The summed E-state index contributed by atoms with van der Waals surface area (Å²) < 4.78 is 11.5. The van der Waals surface area contributed by atoms with Gasteiger partial charge in [-0.05, 0) is 30.4 Å². The maximum Gasteiger partial charge on any atom is 0.238 e. The van der Waals surface area contributed by atoms with Crippen LogP contribution in [0.4, 0.5) is 5.69 Å². The number of amides is 2. The number of carbonyl (C=O) groups excluding carboxylic acids is 2. The summed E-state index contributed by atoms with van der Waals surface area (Å²) in [6.07, 6.45) is 5.11. The van der Waals surface area contributed by atoms with E-state index in [4.69, 9.17) is 9.15 Å². The van der Waals surface area contributed by atoms with Gasteiger partial charge in [0.1, 0.15) is 16.9 Å². The van der Waals surface area contributed by atoms with Gasteiger partial charge in [-0.2, -0.15) is 0 Å². The first-order chi connectivity index (χ1) is 13.2. The van der Waals surface area contributed by atoms with Crippen molar-refractivity contribution in [3.8, 4) is 5.75 Å². The average Bonchev–Trinajstić information content (AvgIpc) is 3.42. The Bertz CT molecular complexity index is 1140. The van der Waals surface area contributed by atoms with E-state index in [1.807, 2.05) is 30.3 Å². The molecule has 0 radical (unpaired) electrons. The predicted octanol–water partition coefficient (Wildman–Crippen LogP) is 3.91. The third-order valence-electron chi connectivity index (χ3n) is 6.39. The lowest BCUT2D eigenvalue weighted by Crippen LogP contribution is -2.33. The summed E-state index contributed by atoms with van der Waals surface area (Å²) >= 11 is 0. The summed E-state index contributed by atoms with van der Waals surface area (Å²) in [5.74, 6) is 0.180. The molecule has 5 nitrogen and oxygen atoms in total. The van der Waals surface area contributed by atoms with Crippen LogP contribution in [0.25, 0.3) is 21.9 Å². The molecule has 1 saturated heterocycles. The summed E-state index contributed by atoms with van der Waals surface area (Å²) in [6, 6.07) is 11.4. The van der Waals surface area contributed by atoms with E-state index in [-0.39, 0.29) is 35.5 Å². The second-order valence-corrected chi connectivity index (χ2v) is 7.63. The van der Waals surface area contributed by atoms with E-state index < -0.39 is 0 Å². The smallest absolute Gasteiger partial charge is 0.238 e. The molecule has 2 fully saturated rings. The lowest BCUT2D eigenvalue weighted by molar-refractivity contribution is -0.123. The van der Waals surface area contributed by atoms with Gasteiger partial charge in [0.15, 0.2) is 0 Å². The number of nitrogens with zero attached hydrogens (tertiary/aromatic N) is 1. The zero-order chi connectivity index (χ0) is 18.3. The minimum absolute atomic E-state index is 0.115. The van der Waals surface area contributed by atoms with Gasteiger partial charge in [0.05, 0.1) is 24.6 Å². The van der Waals surface area contributed by atoms with Crippen LogP contribution in [0.2, 0.25) is 0 Å². The molecule has 4 atom stereocenters. The monoisotopic (exact) mass is 359 g/mol. The molecule has 27 heavy (non-hydrogen) atoms. The highest BCUT2D eigenvalue weighted by molar-refractivity contribution is 6.24.